The highest BCUT2D eigenvalue weighted by molar-refractivity contribution is 8.14. The lowest BCUT2D eigenvalue weighted by molar-refractivity contribution is 0.464. The molecule has 1 aromatic heterocycles. The number of pyridine rings is 1. The van der Waals surface area contributed by atoms with Gasteiger partial charge in [-0.1, -0.05) is 11.8 Å². The Bertz CT molecular complexity index is 363. The number of aliphatic imine (C=N–C) groups is 1. The molecule has 4 heteroatoms. The molecule has 0 radical (unpaired) electrons. The first-order valence-corrected chi connectivity index (χ1v) is 5.77. The SMILES string of the molecule is c1cc(C2CN3CCSC3=N2)ccn1. The summed E-state index contributed by atoms with van der Waals surface area (Å²) >= 11 is 1.87. The maximum Gasteiger partial charge on any atom is 0.160 e. The topological polar surface area (TPSA) is 28.5 Å². The van der Waals surface area contributed by atoms with Crippen LogP contribution in [-0.4, -0.2) is 33.9 Å². The zero-order valence-corrected chi connectivity index (χ0v) is 8.57. The van der Waals surface area contributed by atoms with E-state index in [-0.39, 0.29) is 0 Å². The van der Waals surface area contributed by atoms with Gasteiger partial charge in [0.05, 0.1) is 6.04 Å². The van der Waals surface area contributed by atoms with Gasteiger partial charge in [0.2, 0.25) is 0 Å². The molecule has 0 aromatic carbocycles. The molecule has 0 spiro atoms. The lowest BCUT2D eigenvalue weighted by Gasteiger charge is -2.12. The zero-order chi connectivity index (χ0) is 9.38. The van der Waals surface area contributed by atoms with Crippen molar-refractivity contribution in [3.8, 4) is 0 Å². The van der Waals surface area contributed by atoms with Crippen molar-refractivity contribution in [2.45, 2.75) is 6.04 Å². The minimum Gasteiger partial charge on any atom is -0.348 e. The summed E-state index contributed by atoms with van der Waals surface area (Å²) in [6.45, 7) is 2.21. The lowest BCUT2D eigenvalue weighted by atomic mass is 10.1. The lowest BCUT2D eigenvalue weighted by Crippen LogP contribution is -2.21. The van der Waals surface area contributed by atoms with Gasteiger partial charge in [-0.05, 0) is 17.7 Å². The number of hydrogen-bond donors (Lipinski definition) is 0. The van der Waals surface area contributed by atoms with Crippen LogP contribution in [0, 0.1) is 0 Å². The van der Waals surface area contributed by atoms with Crippen molar-refractivity contribution in [2.24, 2.45) is 4.99 Å². The van der Waals surface area contributed by atoms with Crippen LogP contribution in [0.15, 0.2) is 29.5 Å². The zero-order valence-electron chi connectivity index (χ0n) is 7.76. The molecule has 1 saturated heterocycles. The molecule has 0 saturated carbocycles. The van der Waals surface area contributed by atoms with Gasteiger partial charge in [-0.3, -0.25) is 9.98 Å². The normalized spacial score (nSPS) is 25.0. The average Bonchev–Trinajstić information content (AvgIpc) is 2.78. The molecule has 14 heavy (non-hydrogen) atoms. The van der Waals surface area contributed by atoms with Gasteiger partial charge in [0, 0.05) is 31.2 Å². The highest BCUT2D eigenvalue weighted by Gasteiger charge is 2.29. The maximum absolute atomic E-state index is 4.70. The fraction of sp³-hybridized carbons (Fsp3) is 0.400. The van der Waals surface area contributed by atoms with E-state index in [1.807, 2.05) is 24.2 Å². The van der Waals surface area contributed by atoms with Crippen molar-refractivity contribution in [2.75, 3.05) is 18.8 Å². The second kappa shape index (κ2) is 3.28. The van der Waals surface area contributed by atoms with E-state index in [1.165, 1.54) is 16.5 Å². The highest BCUT2D eigenvalue weighted by atomic mass is 32.2. The fourth-order valence-electron chi connectivity index (χ4n) is 1.87. The molecule has 3 heterocycles. The van der Waals surface area contributed by atoms with Gasteiger partial charge in [0.15, 0.2) is 5.17 Å². The molecule has 2 aliphatic heterocycles. The second-order valence-electron chi connectivity index (χ2n) is 3.50. The van der Waals surface area contributed by atoms with Gasteiger partial charge >= 0.3 is 0 Å². The molecule has 1 aromatic rings. The van der Waals surface area contributed by atoms with E-state index in [0.29, 0.717) is 6.04 Å². The van der Waals surface area contributed by atoms with Gasteiger partial charge in [-0.25, -0.2) is 0 Å². The molecule has 0 bridgehead atoms. The molecule has 1 fully saturated rings. The van der Waals surface area contributed by atoms with E-state index < -0.39 is 0 Å². The monoisotopic (exact) mass is 205 g/mol. The summed E-state index contributed by atoms with van der Waals surface area (Å²) in [6, 6.07) is 4.45. The Hall–Kier alpha value is -1.03. The Labute approximate surface area is 87.2 Å². The number of rotatable bonds is 1. The van der Waals surface area contributed by atoms with Gasteiger partial charge < -0.3 is 4.90 Å². The Kier molecular flexibility index (Phi) is 1.94. The third-order valence-corrected chi connectivity index (χ3v) is 3.62. The average molecular weight is 205 g/mol. The van der Waals surface area contributed by atoms with Gasteiger partial charge in [-0.15, -0.1) is 0 Å². The Morgan fingerprint density at radius 3 is 3.00 bits per heavy atom. The van der Waals surface area contributed by atoms with Crippen LogP contribution >= 0.6 is 11.8 Å². The predicted octanol–water partition coefficient (Wildman–Crippen LogP) is 1.54. The molecule has 1 atom stereocenters. The maximum atomic E-state index is 4.70. The summed E-state index contributed by atoms with van der Waals surface area (Å²) in [5, 5.41) is 1.23. The number of nitrogens with zero attached hydrogens (tertiary/aromatic N) is 3. The molecule has 0 amide bonds. The van der Waals surface area contributed by atoms with E-state index >= 15 is 0 Å². The number of hydrogen-bond acceptors (Lipinski definition) is 4. The number of fused-ring (bicyclic) bond motifs is 1. The summed E-state index contributed by atoms with van der Waals surface area (Å²) < 4.78 is 0. The minimum absolute atomic E-state index is 0.334. The standard InChI is InChI=1S/C10H11N3S/c1-3-11-4-2-8(1)9-7-13-5-6-14-10(13)12-9/h1-4,9H,5-7H2. The van der Waals surface area contributed by atoms with Crippen molar-refractivity contribution in [1.82, 2.24) is 9.88 Å². The summed E-state index contributed by atoms with van der Waals surface area (Å²) in [4.78, 5) is 11.1. The third-order valence-electron chi connectivity index (χ3n) is 2.61. The molecule has 3 rings (SSSR count). The summed E-state index contributed by atoms with van der Waals surface area (Å²) in [6.07, 6.45) is 3.68. The quantitative estimate of drug-likeness (QED) is 0.696. The van der Waals surface area contributed by atoms with Crippen molar-refractivity contribution < 1.29 is 0 Å². The first-order valence-electron chi connectivity index (χ1n) is 4.79. The van der Waals surface area contributed by atoms with E-state index in [1.54, 1.807) is 0 Å². The van der Waals surface area contributed by atoms with E-state index in [0.717, 1.165) is 13.1 Å². The highest BCUT2D eigenvalue weighted by Crippen LogP contribution is 2.31. The van der Waals surface area contributed by atoms with Crippen LogP contribution in [0.25, 0.3) is 0 Å². The largest absolute Gasteiger partial charge is 0.348 e. The van der Waals surface area contributed by atoms with Crippen LogP contribution in [0.4, 0.5) is 0 Å². The van der Waals surface area contributed by atoms with Crippen LogP contribution in [-0.2, 0) is 0 Å². The molecular weight excluding hydrogens is 194 g/mol. The van der Waals surface area contributed by atoms with Gasteiger partial charge in [0.25, 0.3) is 0 Å². The summed E-state index contributed by atoms with van der Waals surface area (Å²) in [7, 11) is 0. The first kappa shape index (κ1) is 8.29. The van der Waals surface area contributed by atoms with Crippen LogP contribution < -0.4 is 0 Å². The van der Waals surface area contributed by atoms with Crippen molar-refractivity contribution in [3.05, 3.63) is 30.1 Å². The third kappa shape index (κ3) is 1.30. The summed E-state index contributed by atoms with van der Waals surface area (Å²) in [5.74, 6) is 1.20. The van der Waals surface area contributed by atoms with Crippen LogP contribution in [0.2, 0.25) is 0 Å². The number of amidine groups is 1. The number of aromatic nitrogens is 1. The van der Waals surface area contributed by atoms with Gasteiger partial charge in [-0.2, -0.15) is 0 Å². The fourth-order valence-corrected chi connectivity index (χ4v) is 2.92. The Morgan fingerprint density at radius 1 is 1.36 bits per heavy atom. The first-order chi connectivity index (χ1) is 6.93. The molecular formula is C10H11N3S. The molecule has 1 unspecified atom stereocenters. The molecule has 0 aliphatic carbocycles. The van der Waals surface area contributed by atoms with Crippen LogP contribution in [0.1, 0.15) is 11.6 Å². The van der Waals surface area contributed by atoms with Crippen LogP contribution in [0.3, 0.4) is 0 Å². The Balaban J connectivity index is 1.87. The predicted molar refractivity (Wildman–Crippen MR) is 58.4 cm³/mol. The molecule has 2 aliphatic rings. The molecule has 0 N–H and O–H groups in total. The smallest absolute Gasteiger partial charge is 0.160 e. The van der Waals surface area contributed by atoms with E-state index in [2.05, 4.69) is 22.0 Å². The molecule has 3 nitrogen and oxygen atoms in total. The second-order valence-corrected chi connectivity index (χ2v) is 4.56. The Morgan fingerprint density at radius 2 is 2.21 bits per heavy atom. The van der Waals surface area contributed by atoms with Crippen molar-refractivity contribution in [1.29, 1.82) is 0 Å². The summed E-state index contributed by atoms with van der Waals surface area (Å²) in [5.41, 5.74) is 1.28. The minimum atomic E-state index is 0.334. The van der Waals surface area contributed by atoms with Crippen LogP contribution in [0.5, 0.6) is 0 Å². The number of thioether (sulfide) groups is 1. The molecule has 72 valence electrons. The van der Waals surface area contributed by atoms with E-state index in [4.69, 9.17) is 4.99 Å². The van der Waals surface area contributed by atoms with Gasteiger partial charge in [0.1, 0.15) is 0 Å². The van der Waals surface area contributed by atoms with Crippen molar-refractivity contribution in [3.63, 3.8) is 0 Å². The van der Waals surface area contributed by atoms with Crippen molar-refractivity contribution >= 4 is 16.9 Å². The van der Waals surface area contributed by atoms with E-state index in [9.17, 15) is 0 Å².